The molecule has 0 fully saturated rings. The third-order valence-corrected chi connectivity index (χ3v) is 6.38. The maximum absolute atomic E-state index is 13.8. The first kappa shape index (κ1) is 21.4. The van der Waals surface area contributed by atoms with Gasteiger partial charge in [-0.15, -0.1) is 11.3 Å². The Morgan fingerprint density at radius 2 is 2.16 bits per heavy atom. The number of amides is 1. The summed E-state index contributed by atoms with van der Waals surface area (Å²) < 4.78 is 42.4. The van der Waals surface area contributed by atoms with Crippen LogP contribution in [0, 0.1) is 0 Å². The van der Waals surface area contributed by atoms with Crippen LogP contribution in [0.25, 0.3) is 16.8 Å². The van der Waals surface area contributed by atoms with Gasteiger partial charge in [0.1, 0.15) is 5.15 Å². The molecule has 3 aromatic heterocycles. The summed E-state index contributed by atoms with van der Waals surface area (Å²) in [5, 5.41) is 1.79. The average molecular weight is 464 g/mol. The minimum atomic E-state index is -4.67. The number of carbonyl (C=O) groups excluding carboxylic acids is 1. The number of imidazole rings is 1. The van der Waals surface area contributed by atoms with Crippen LogP contribution in [0.4, 0.5) is 13.2 Å². The van der Waals surface area contributed by atoms with Crippen molar-refractivity contribution in [2.45, 2.75) is 13.1 Å². The molecule has 160 valence electrons. The zero-order valence-corrected chi connectivity index (χ0v) is 18.0. The van der Waals surface area contributed by atoms with Gasteiger partial charge in [0.05, 0.1) is 5.56 Å². The Bertz CT molecular complexity index is 1240. The quantitative estimate of drug-likeness (QED) is 0.432. The predicted molar refractivity (Wildman–Crippen MR) is 117 cm³/mol. The monoisotopic (exact) mass is 463 g/mol. The van der Waals surface area contributed by atoms with Crippen molar-refractivity contribution in [1.82, 2.24) is 14.3 Å². The van der Waals surface area contributed by atoms with Gasteiger partial charge in [0.25, 0.3) is 5.91 Å². The highest BCUT2D eigenvalue weighted by Gasteiger charge is 2.37. The highest BCUT2D eigenvalue weighted by atomic mass is 35.5. The van der Waals surface area contributed by atoms with Crippen LogP contribution >= 0.6 is 22.9 Å². The number of rotatable bonds is 4. The molecule has 0 bridgehead atoms. The van der Waals surface area contributed by atoms with Gasteiger partial charge in [0.2, 0.25) is 0 Å². The van der Waals surface area contributed by atoms with E-state index in [0.29, 0.717) is 18.7 Å². The summed E-state index contributed by atoms with van der Waals surface area (Å²) in [4.78, 5) is 19.6. The number of thiophene rings is 1. The molecule has 1 amide bonds. The maximum Gasteiger partial charge on any atom is 0.420 e. The number of allylic oxidation sites excluding steroid dienone is 3. The fraction of sp³-hybridized carbons (Fsp3) is 0.182. The lowest BCUT2D eigenvalue weighted by atomic mass is 10.1. The van der Waals surface area contributed by atoms with E-state index in [-0.39, 0.29) is 16.4 Å². The standard InChI is InChI=1S/C22H17ClF3N3OS/c1-3-13(4-2)15-10-16(22(24,25)26)20-27-18(19(23)29(20)12-15)21(30)28-8-7-14(11-28)17-6-5-9-31-17/h3-7,9-10,12H,1,8,11H2,2H3/b13-4+. The average Bonchev–Trinajstić information content (AvgIpc) is 3.48. The molecule has 0 saturated carbocycles. The molecule has 0 spiro atoms. The molecule has 0 atom stereocenters. The number of carbonyl (C=O) groups is 1. The molecule has 4 nitrogen and oxygen atoms in total. The molecule has 0 N–H and O–H groups in total. The van der Waals surface area contributed by atoms with Gasteiger partial charge in [-0.25, -0.2) is 4.98 Å². The first-order chi connectivity index (χ1) is 14.7. The van der Waals surface area contributed by atoms with Crippen molar-refractivity contribution in [3.8, 4) is 0 Å². The summed E-state index contributed by atoms with van der Waals surface area (Å²) in [6.45, 7) is 6.03. The number of aromatic nitrogens is 2. The number of pyridine rings is 1. The molecule has 0 aliphatic carbocycles. The number of hydrogen-bond donors (Lipinski definition) is 0. The van der Waals surface area contributed by atoms with Crippen LogP contribution in [0.15, 0.2) is 54.6 Å². The summed E-state index contributed by atoms with van der Waals surface area (Å²) in [6, 6.07) is 4.87. The minimum Gasteiger partial charge on any atom is -0.329 e. The minimum absolute atomic E-state index is 0.156. The Morgan fingerprint density at radius 3 is 2.77 bits per heavy atom. The van der Waals surface area contributed by atoms with E-state index in [1.165, 1.54) is 17.2 Å². The van der Waals surface area contributed by atoms with E-state index in [4.69, 9.17) is 11.6 Å². The molecule has 9 heteroatoms. The van der Waals surface area contributed by atoms with E-state index < -0.39 is 23.3 Å². The van der Waals surface area contributed by atoms with Crippen molar-refractivity contribution >= 4 is 45.6 Å². The van der Waals surface area contributed by atoms with Crippen molar-refractivity contribution in [3.63, 3.8) is 0 Å². The van der Waals surface area contributed by atoms with Gasteiger partial charge in [-0.2, -0.15) is 13.2 Å². The molecule has 4 rings (SSSR count). The molecule has 0 saturated heterocycles. The topological polar surface area (TPSA) is 37.6 Å². The van der Waals surface area contributed by atoms with Gasteiger partial charge in [-0.1, -0.05) is 42.5 Å². The summed E-state index contributed by atoms with van der Waals surface area (Å²) in [7, 11) is 0. The molecular formula is C22H17ClF3N3OS. The second-order valence-corrected chi connectivity index (χ2v) is 8.23. The third kappa shape index (κ3) is 3.81. The Kier molecular flexibility index (Phi) is 5.53. The number of fused-ring (bicyclic) bond motifs is 1. The zero-order valence-electron chi connectivity index (χ0n) is 16.4. The van der Waals surface area contributed by atoms with Crippen molar-refractivity contribution < 1.29 is 18.0 Å². The van der Waals surface area contributed by atoms with Crippen LogP contribution in [0.2, 0.25) is 5.15 Å². The SMILES string of the molecule is C=C/C(=C\C)c1cc(C(F)(F)F)c2nc(C(=O)N3CC=C(c4cccs4)C3)c(Cl)n2c1. The van der Waals surface area contributed by atoms with Crippen molar-refractivity contribution in [2.75, 3.05) is 13.1 Å². The number of nitrogens with zero attached hydrogens (tertiary/aromatic N) is 3. The molecule has 0 radical (unpaired) electrons. The summed E-state index contributed by atoms with van der Waals surface area (Å²) in [5.74, 6) is -0.513. The predicted octanol–water partition coefficient (Wildman–Crippen LogP) is 6.20. The lowest BCUT2D eigenvalue weighted by molar-refractivity contribution is -0.136. The lowest BCUT2D eigenvalue weighted by Gasteiger charge is -2.15. The van der Waals surface area contributed by atoms with Crippen LogP contribution in [0.3, 0.4) is 0 Å². The second-order valence-electron chi connectivity index (χ2n) is 6.93. The maximum atomic E-state index is 13.8. The smallest absolute Gasteiger partial charge is 0.329 e. The van der Waals surface area contributed by atoms with E-state index in [2.05, 4.69) is 11.6 Å². The van der Waals surface area contributed by atoms with Crippen LogP contribution in [0.5, 0.6) is 0 Å². The van der Waals surface area contributed by atoms with Gasteiger partial charge in [0.15, 0.2) is 11.3 Å². The highest BCUT2D eigenvalue weighted by Crippen LogP contribution is 2.36. The molecule has 1 aliphatic rings. The summed E-state index contributed by atoms with van der Waals surface area (Å²) >= 11 is 7.94. The van der Waals surface area contributed by atoms with Crippen molar-refractivity contribution in [2.24, 2.45) is 0 Å². The van der Waals surface area contributed by atoms with E-state index in [9.17, 15) is 18.0 Å². The molecule has 1 aliphatic heterocycles. The Hall–Kier alpha value is -2.84. The van der Waals surface area contributed by atoms with Gasteiger partial charge in [-0.05, 0) is 41.1 Å². The number of alkyl halides is 3. The molecule has 31 heavy (non-hydrogen) atoms. The molecule has 0 unspecified atom stereocenters. The number of hydrogen-bond acceptors (Lipinski definition) is 3. The Morgan fingerprint density at radius 1 is 1.39 bits per heavy atom. The van der Waals surface area contributed by atoms with Crippen molar-refractivity contribution in [1.29, 1.82) is 0 Å². The molecule has 4 heterocycles. The van der Waals surface area contributed by atoms with E-state index in [0.717, 1.165) is 20.9 Å². The van der Waals surface area contributed by atoms with Crippen LogP contribution in [0.1, 0.15) is 33.4 Å². The Balaban J connectivity index is 1.77. The van der Waals surface area contributed by atoms with Gasteiger partial charge in [0, 0.05) is 24.2 Å². The first-order valence-corrected chi connectivity index (χ1v) is 10.6. The van der Waals surface area contributed by atoms with Crippen LogP contribution in [-0.2, 0) is 6.18 Å². The Labute approximate surface area is 185 Å². The molecular weight excluding hydrogens is 447 g/mol. The summed E-state index contributed by atoms with van der Waals surface area (Å²) in [6.07, 6.45) is 1.80. The van der Waals surface area contributed by atoms with Gasteiger partial charge >= 0.3 is 6.18 Å². The summed E-state index contributed by atoms with van der Waals surface area (Å²) in [5.41, 5.74) is 0.199. The fourth-order valence-corrected chi connectivity index (χ4v) is 4.53. The fourth-order valence-electron chi connectivity index (χ4n) is 3.52. The third-order valence-electron chi connectivity index (χ3n) is 5.08. The largest absolute Gasteiger partial charge is 0.420 e. The first-order valence-electron chi connectivity index (χ1n) is 9.34. The molecule has 3 aromatic rings. The van der Waals surface area contributed by atoms with Crippen LogP contribution in [-0.4, -0.2) is 33.3 Å². The zero-order chi connectivity index (χ0) is 22.3. The highest BCUT2D eigenvalue weighted by molar-refractivity contribution is 7.11. The van der Waals surface area contributed by atoms with Gasteiger partial charge in [-0.3, -0.25) is 9.20 Å². The second kappa shape index (κ2) is 8.01. The normalized spacial score (nSPS) is 14.9. The van der Waals surface area contributed by atoms with Crippen molar-refractivity contribution in [3.05, 3.63) is 81.4 Å². The van der Waals surface area contributed by atoms with Gasteiger partial charge < -0.3 is 4.90 Å². The number of halogens is 4. The van der Waals surface area contributed by atoms with E-state index >= 15 is 0 Å². The lowest BCUT2D eigenvalue weighted by Crippen LogP contribution is -2.29. The molecule has 0 aromatic carbocycles. The van der Waals surface area contributed by atoms with Crippen LogP contribution < -0.4 is 0 Å². The van der Waals surface area contributed by atoms with E-state index in [1.54, 1.807) is 24.3 Å². The van der Waals surface area contributed by atoms with E-state index in [1.807, 2.05) is 23.6 Å².